The number of rotatable bonds is 4. The van der Waals surface area contributed by atoms with Crippen molar-refractivity contribution in [2.75, 3.05) is 24.6 Å². The normalized spacial score (nSPS) is 25.0. The summed E-state index contributed by atoms with van der Waals surface area (Å²) in [5, 5.41) is 4.81. The second-order valence-corrected chi connectivity index (χ2v) is 11.5. The van der Waals surface area contributed by atoms with Crippen LogP contribution in [0.3, 0.4) is 0 Å². The summed E-state index contributed by atoms with van der Waals surface area (Å²) < 4.78 is 23.5. The Morgan fingerprint density at radius 1 is 1.19 bits per heavy atom. The van der Waals surface area contributed by atoms with Crippen LogP contribution < -0.4 is 5.32 Å². The van der Waals surface area contributed by atoms with Gasteiger partial charge in [0.25, 0.3) is 0 Å². The highest BCUT2D eigenvalue weighted by atomic mass is 35.5. The quantitative estimate of drug-likeness (QED) is 0.608. The smallest absolute Gasteiger partial charge is 0.234 e. The van der Waals surface area contributed by atoms with Gasteiger partial charge in [-0.3, -0.25) is 9.69 Å². The van der Waals surface area contributed by atoms with E-state index in [0.717, 1.165) is 16.8 Å². The Morgan fingerprint density at radius 3 is 2.69 bits per heavy atom. The Kier molecular flexibility index (Phi) is 5.51. The molecular formula is C24H26ClN3O3S. The minimum atomic E-state index is -3.04. The topological polar surface area (TPSA) is 82.3 Å². The van der Waals surface area contributed by atoms with Crippen molar-refractivity contribution >= 4 is 38.2 Å². The molecule has 2 aromatic carbocycles. The largest absolute Gasteiger partial charge is 0.357 e. The van der Waals surface area contributed by atoms with Crippen LogP contribution in [0.15, 0.2) is 48.5 Å². The molecule has 0 saturated carbocycles. The van der Waals surface area contributed by atoms with E-state index in [2.05, 4.69) is 40.3 Å². The van der Waals surface area contributed by atoms with Gasteiger partial charge in [-0.25, -0.2) is 8.42 Å². The van der Waals surface area contributed by atoms with Crippen LogP contribution in [0.1, 0.15) is 42.1 Å². The fourth-order valence-electron chi connectivity index (χ4n) is 5.14. The molecule has 0 radical (unpaired) electrons. The number of hydrogen-bond acceptors (Lipinski definition) is 4. The van der Waals surface area contributed by atoms with Gasteiger partial charge in [-0.1, -0.05) is 48.0 Å². The van der Waals surface area contributed by atoms with Crippen molar-refractivity contribution in [3.63, 3.8) is 0 Å². The van der Waals surface area contributed by atoms with E-state index in [4.69, 9.17) is 11.6 Å². The maximum absolute atomic E-state index is 12.8. The number of aromatic amines is 1. The number of fused-ring (bicyclic) bond motifs is 3. The summed E-state index contributed by atoms with van der Waals surface area (Å²) in [4.78, 5) is 18.6. The van der Waals surface area contributed by atoms with Crippen LogP contribution in [0.5, 0.6) is 0 Å². The molecule has 1 aromatic heterocycles. The first-order valence-electron chi connectivity index (χ1n) is 10.9. The van der Waals surface area contributed by atoms with Crippen LogP contribution >= 0.6 is 11.6 Å². The van der Waals surface area contributed by atoms with Crippen molar-refractivity contribution in [1.29, 1.82) is 0 Å². The summed E-state index contributed by atoms with van der Waals surface area (Å²) in [6.45, 7) is 2.95. The molecule has 0 aliphatic carbocycles. The van der Waals surface area contributed by atoms with E-state index in [1.165, 1.54) is 10.9 Å². The molecule has 0 bridgehead atoms. The number of carbonyl (C=O) groups excluding carboxylic acids is 1. The van der Waals surface area contributed by atoms with Crippen molar-refractivity contribution in [3.05, 3.63) is 70.4 Å². The fourth-order valence-corrected chi connectivity index (χ4v) is 7.08. The van der Waals surface area contributed by atoms with Gasteiger partial charge in [0.2, 0.25) is 5.91 Å². The Labute approximate surface area is 192 Å². The number of nitrogens with zero attached hydrogens (tertiary/aromatic N) is 1. The lowest BCUT2D eigenvalue weighted by Crippen LogP contribution is -2.46. The van der Waals surface area contributed by atoms with Gasteiger partial charge in [0.05, 0.1) is 18.1 Å². The molecule has 1 amide bonds. The van der Waals surface area contributed by atoms with Gasteiger partial charge in [0.15, 0.2) is 9.84 Å². The number of H-pyrrole nitrogens is 1. The van der Waals surface area contributed by atoms with E-state index in [1.807, 2.05) is 30.3 Å². The van der Waals surface area contributed by atoms with Crippen molar-refractivity contribution in [2.24, 2.45) is 0 Å². The summed E-state index contributed by atoms with van der Waals surface area (Å²) in [5.41, 5.74) is 4.45. The molecular weight excluding hydrogens is 446 g/mol. The molecule has 2 aliphatic heterocycles. The zero-order valence-electron chi connectivity index (χ0n) is 17.8. The summed E-state index contributed by atoms with van der Waals surface area (Å²) in [5.74, 6) is 0.0514. The predicted molar refractivity (Wildman–Crippen MR) is 127 cm³/mol. The number of aromatic nitrogens is 1. The molecule has 1 saturated heterocycles. The number of para-hydroxylation sites is 1. The molecule has 8 heteroatoms. The number of carbonyl (C=O) groups is 1. The zero-order valence-corrected chi connectivity index (χ0v) is 19.4. The Morgan fingerprint density at radius 2 is 1.94 bits per heavy atom. The van der Waals surface area contributed by atoms with Crippen LogP contribution in [-0.2, 0) is 14.6 Å². The monoisotopic (exact) mass is 471 g/mol. The minimum Gasteiger partial charge on any atom is -0.357 e. The van der Waals surface area contributed by atoms with E-state index in [-0.39, 0.29) is 42.0 Å². The lowest BCUT2D eigenvalue weighted by molar-refractivity contribution is -0.123. The maximum atomic E-state index is 12.8. The Bertz CT molecular complexity index is 1290. The van der Waals surface area contributed by atoms with Crippen LogP contribution in [0, 0.1) is 0 Å². The number of nitrogens with one attached hydrogen (secondary N) is 2. The van der Waals surface area contributed by atoms with E-state index < -0.39 is 9.84 Å². The molecule has 3 aromatic rings. The first kappa shape index (κ1) is 21.5. The summed E-state index contributed by atoms with van der Waals surface area (Å²) in [6, 6.07) is 15.8. The lowest BCUT2D eigenvalue weighted by atomic mass is 9.83. The third kappa shape index (κ3) is 3.93. The van der Waals surface area contributed by atoms with E-state index >= 15 is 0 Å². The number of halogens is 1. The second-order valence-electron chi connectivity index (χ2n) is 8.84. The van der Waals surface area contributed by atoms with Crippen molar-refractivity contribution < 1.29 is 13.2 Å². The van der Waals surface area contributed by atoms with Gasteiger partial charge in [0.1, 0.15) is 0 Å². The molecule has 3 atom stereocenters. The molecule has 2 aliphatic rings. The first-order valence-corrected chi connectivity index (χ1v) is 13.1. The third-order valence-electron chi connectivity index (χ3n) is 6.73. The standard InChI is InChI=1S/C24H26ClN3O3S/c1-15-24-23(18-7-3-5-9-21(18)27-24)19(17-6-2-4-8-20(17)25)12-28(15)13-22(29)26-16-10-11-32(30,31)14-16/h2-9,15-16,19,27H,10-14H2,1H3,(H,26,29)/t15-,16-,19-/m1/s1. The first-order chi connectivity index (χ1) is 15.3. The average molecular weight is 472 g/mol. The van der Waals surface area contributed by atoms with E-state index in [9.17, 15) is 13.2 Å². The van der Waals surface area contributed by atoms with E-state index in [0.29, 0.717) is 18.0 Å². The number of hydrogen-bond donors (Lipinski definition) is 2. The SMILES string of the molecule is C[C@@H]1c2[nH]c3ccccc3c2[C@@H](c2ccccc2Cl)CN1CC(=O)N[C@@H]1CCS(=O)(=O)C1. The van der Waals surface area contributed by atoms with Crippen LogP contribution in [0.4, 0.5) is 0 Å². The molecule has 3 heterocycles. The predicted octanol–water partition coefficient (Wildman–Crippen LogP) is 3.63. The van der Waals surface area contributed by atoms with Crippen molar-refractivity contribution in [1.82, 2.24) is 15.2 Å². The highest BCUT2D eigenvalue weighted by Crippen LogP contribution is 2.44. The molecule has 6 nitrogen and oxygen atoms in total. The molecule has 168 valence electrons. The van der Waals surface area contributed by atoms with Gasteiger partial charge in [-0.15, -0.1) is 0 Å². The van der Waals surface area contributed by atoms with Crippen LogP contribution in [0.2, 0.25) is 5.02 Å². The van der Waals surface area contributed by atoms with Crippen molar-refractivity contribution in [3.8, 4) is 0 Å². The third-order valence-corrected chi connectivity index (χ3v) is 8.84. The zero-order chi connectivity index (χ0) is 22.5. The molecule has 5 rings (SSSR count). The van der Waals surface area contributed by atoms with Gasteiger partial charge in [-0.2, -0.15) is 0 Å². The minimum absolute atomic E-state index is 0.00852. The number of benzene rings is 2. The highest BCUT2D eigenvalue weighted by Gasteiger charge is 2.37. The molecule has 1 fully saturated rings. The summed E-state index contributed by atoms with van der Waals surface area (Å²) >= 11 is 6.61. The highest BCUT2D eigenvalue weighted by molar-refractivity contribution is 7.91. The number of amides is 1. The van der Waals surface area contributed by atoms with Crippen LogP contribution in [0.25, 0.3) is 10.9 Å². The average Bonchev–Trinajstić information content (AvgIpc) is 3.30. The second kappa shape index (κ2) is 8.21. The van der Waals surface area contributed by atoms with Gasteiger partial charge in [-0.05, 0) is 36.6 Å². The molecule has 2 N–H and O–H groups in total. The fraction of sp³-hybridized carbons (Fsp3) is 0.375. The lowest BCUT2D eigenvalue weighted by Gasteiger charge is -2.38. The van der Waals surface area contributed by atoms with E-state index in [1.54, 1.807) is 0 Å². The Balaban J connectivity index is 1.47. The van der Waals surface area contributed by atoms with Gasteiger partial charge >= 0.3 is 0 Å². The van der Waals surface area contributed by atoms with Gasteiger partial charge < -0.3 is 10.3 Å². The molecule has 0 spiro atoms. The molecule has 0 unspecified atom stereocenters. The van der Waals surface area contributed by atoms with Crippen molar-refractivity contribution in [2.45, 2.75) is 31.3 Å². The van der Waals surface area contributed by atoms with Crippen LogP contribution in [-0.4, -0.2) is 54.8 Å². The summed E-state index contributed by atoms with van der Waals surface area (Å²) in [7, 11) is -3.04. The maximum Gasteiger partial charge on any atom is 0.234 e. The summed E-state index contributed by atoms with van der Waals surface area (Å²) in [6.07, 6.45) is 0.484. The van der Waals surface area contributed by atoms with Gasteiger partial charge in [0, 0.05) is 46.2 Å². The number of sulfone groups is 1. The Hall–Kier alpha value is -2.35. The molecule has 32 heavy (non-hydrogen) atoms.